The highest BCUT2D eigenvalue weighted by atomic mass is 32.2. The van der Waals surface area contributed by atoms with Gasteiger partial charge in [0, 0.05) is 31.6 Å². The zero-order valence-electron chi connectivity index (χ0n) is 30.1. The molecule has 1 aliphatic rings. The normalized spacial score (nSPS) is 18.1. The average molecular weight is 734 g/mol. The Hall–Kier alpha value is -4.68. The molecule has 276 valence electrons. The Balaban J connectivity index is 1.13. The number of carbonyl (C=O) groups excluding carboxylic acids is 1. The molecule has 1 saturated heterocycles. The maximum Gasteiger partial charge on any atom is 0.241 e. The third-order valence-electron chi connectivity index (χ3n) is 9.37. The first-order valence-corrected chi connectivity index (χ1v) is 19.4. The van der Waals surface area contributed by atoms with Crippen molar-refractivity contribution in [3.05, 3.63) is 172 Å². The lowest BCUT2D eigenvalue weighted by molar-refractivity contribution is -0.252. The maximum atomic E-state index is 13.6. The number of aryl methyl sites for hydroxylation is 1. The highest BCUT2D eigenvalue weighted by molar-refractivity contribution is 7.89. The largest absolute Gasteiger partial charge is 0.392 e. The summed E-state index contributed by atoms with van der Waals surface area (Å²) in [6.07, 6.45) is -0.0548. The molecular formula is C43H47N3O6S. The van der Waals surface area contributed by atoms with E-state index in [1.54, 1.807) is 12.1 Å². The fourth-order valence-corrected chi connectivity index (χ4v) is 7.65. The molecule has 0 spiro atoms. The second-order valence-corrected chi connectivity index (χ2v) is 15.4. The van der Waals surface area contributed by atoms with Crippen LogP contribution in [0.5, 0.6) is 0 Å². The molecule has 1 amide bonds. The van der Waals surface area contributed by atoms with E-state index in [2.05, 4.69) is 34.1 Å². The van der Waals surface area contributed by atoms with Crippen LogP contribution in [-0.4, -0.2) is 50.1 Å². The predicted octanol–water partition coefficient (Wildman–Crippen LogP) is 6.37. The molecule has 0 aliphatic carbocycles. The molecule has 9 nitrogen and oxygen atoms in total. The third kappa shape index (κ3) is 10.7. The number of ether oxygens (including phenoxy) is 2. The van der Waals surface area contributed by atoms with E-state index in [1.807, 2.05) is 104 Å². The summed E-state index contributed by atoms with van der Waals surface area (Å²) in [5, 5.41) is 12.5. The van der Waals surface area contributed by atoms with Gasteiger partial charge in [-0.15, -0.1) is 0 Å². The number of aliphatic hydroxyl groups is 1. The van der Waals surface area contributed by atoms with Gasteiger partial charge in [0.2, 0.25) is 15.9 Å². The first kappa shape index (κ1) is 38.1. The summed E-state index contributed by atoms with van der Waals surface area (Å²) in [6, 6.07) is 40.7. The highest BCUT2D eigenvalue weighted by Gasteiger charge is 2.33. The number of amides is 1. The van der Waals surface area contributed by atoms with Crippen molar-refractivity contribution >= 4 is 15.9 Å². The molecule has 6 rings (SSSR count). The number of nitrogens with zero attached hydrogens (tertiary/aromatic N) is 1. The zero-order chi connectivity index (χ0) is 37.2. The average Bonchev–Trinajstić information content (AvgIpc) is 3.17. The Morgan fingerprint density at radius 3 is 2.02 bits per heavy atom. The van der Waals surface area contributed by atoms with Gasteiger partial charge in [-0.25, -0.2) is 8.42 Å². The van der Waals surface area contributed by atoms with Gasteiger partial charge >= 0.3 is 0 Å². The van der Waals surface area contributed by atoms with Crippen LogP contribution in [0.15, 0.2) is 138 Å². The van der Waals surface area contributed by atoms with E-state index in [0.29, 0.717) is 13.0 Å². The quantitative estimate of drug-likeness (QED) is 0.115. The number of aliphatic hydroxyl groups excluding tert-OH is 1. The SMILES string of the molecule is Cc1ccc(S(=O)(=O)N[C@H](Cc2ccccc2)C(=O)NCc2ccc([C@H]3O[C@@H](CN(C)Cc4ccccc4)C[C@@H](c4ccc(CO)cc4)O3)cc2)cc1. The van der Waals surface area contributed by atoms with E-state index in [1.165, 1.54) is 17.7 Å². The smallest absolute Gasteiger partial charge is 0.241 e. The van der Waals surface area contributed by atoms with Gasteiger partial charge in [0.1, 0.15) is 6.04 Å². The third-order valence-corrected chi connectivity index (χ3v) is 10.9. The number of sulfonamides is 1. The molecule has 0 aromatic heterocycles. The number of likely N-dealkylation sites (N-methyl/N-ethyl adjacent to an activating group) is 1. The fourth-order valence-electron chi connectivity index (χ4n) is 6.46. The van der Waals surface area contributed by atoms with Crippen LogP contribution in [-0.2, 0) is 50.4 Å². The standard InChI is InChI=1S/C43H47N3O6S/c1-31-13-23-39(24-14-31)53(49,50)45-40(25-32-9-5-3-6-10-32)42(48)44-27-33-15-21-37(22-16-33)43-51-38(29-46(2)28-34-11-7-4-8-12-34)26-41(52-43)36-19-17-35(30-47)18-20-36/h3-24,38,40-41,43,45,47H,25-30H2,1-2H3,(H,44,48)/t38-,40-,41+,43+/m1/s1. The van der Waals surface area contributed by atoms with Gasteiger partial charge < -0.3 is 19.9 Å². The van der Waals surface area contributed by atoms with E-state index in [4.69, 9.17) is 9.47 Å². The van der Waals surface area contributed by atoms with E-state index in [0.717, 1.165) is 39.9 Å². The van der Waals surface area contributed by atoms with E-state index >= 15 is 0 Å². The predicted molar refractivity (Wildman–Crippen MR) is 205 cm³/mol. The summed E-state index contributed by atoms with van der Waals surface area (Å²) in [4.78, 5) is 15.9. The number of benzene rings is 5. The molecule has 1 fully saturated rings. The number of hydrogen-bond donors (Lipinski definition) is 3. The number of carbonyl (C=O) groups is 1. The molecule has 10 heteroatoms. The van der Waals surface area contributed by atoms with Crippen molar-refractivity contribution in [2.24, 2.45) is 0 Å². The van der Waals surface area contributed by atoms with Gasteiger partial charge in [-0.3, -0.25) is 9.69 Å². The van der Waals surface area contributed by atoms with Gasteiger partial charge in [-0.05, 0) is 60.3 Å². The Bertz CT molecular complexity index is 2010. The zero-order valence-corrected chi connectivity index (χ0v) is 30.9. The molecule has 1 aliphatic heterocycles. The number of nitrogens with one attached hydrogen (secondary N) is 2. The Morgan fingerprint density at radius 2 is 1.38 bits per heavy atom. The summed E-state index contributed by atoms with van der Waals surface area (Å²) < 4.78 is 42.3. The van der Waals surface area contributed by atoms with Crippen LogP contribution in [0.4, 0.5) is 0 Å². The lowest BCUT2D eigenvalue weighted by Gasteiger charge is -2.38. The molecule has 0 bridgehead atoms. The first-order valence-electron chi connectivity index (χ1n) is 17.9. The lowest BCUT2D eigenvalue weighted by Crippen LogP contribution is -2.47. The minimum absolute atomic E-state index is 0.0199. The summed E-state index contributed by atoms with van der Waals surface area (Å²) in [7, 11) is -1.86. The van der Waals surface area contributed by atoms with Crippen LogP contribution in [0.1, 0.15) is 57.8 Å². The summed E-state index contributed by atoms with van der Waals surface area (Å²) in [5.74, 6) is -0.426. The second-order valence-electron chi connectivity index (χ2n) is 13.7. The van der Waals surface area contributed by atoms with Crippen LogP contribution in [0.25, 0.3) is 0 Å². The molecule has 53 heavy (non-hydrogen) atoms. The Labute approximate surface area is 312 Å². The topological polar surface area (TPSA) is 117 Å². The van der Waals surface area contributed by atoms with Gasteiger partial charge in [-0.1, -0.05) is 127 Å². The lowest BCUT2D eigenvalue weighted by atomic mass is 9.99. The Kier molecular flexibility index (Phi) is 12.9. The minimum Gasteiger partial charge on any atom is -0.392 e. The van der Waals surface area contributed by atoms with Gasteiger partial charge in [-0.2, -0.15) is 4.72 Å². The maximum absolute atomic E-state index is 13.6. The molecule has 0 unspecified atom stereocenters. The molecule has 5 aromatic carbocycles. The van der Waals surface area contributed by atoms with Crippen molar-refractivity contribution in [1.82, 2.24) is 14.9 Å². The van der Waals surface area contributed by atoms with Crippen molar-refractivity contribution in [1.29, 1.82) is 0 Å². The van der Waals surface area contributed by atoms with E-state index in [9.17, 15) is 18.3 Å². The molecule has 1 heterocycles. The van der Waals surface area contributed by atoms with Gasteiger partial charge in [0.05, 0.1) is 23.7 Å². The van der Waals surface area contributed by atoms with E-state index < -0.39 is 28.3 Å². The molecule has 5 aromatic rings. The van der Waals surface area contributed by atoms with Crippen LogP contribution in [0.3, 0.4) is 0 Å². The Morgan fingerprint density at radius 1 is 0.774 bits per heavy atom. The first-order chi connectivity index (χ1) is 25.6. The molecule has 0 radical (unpaired) electrons. The summed E-state index contributed by atoms with van der Waals surface area (Å²) in [6.45, 7) is 3.57. The molecule has 0 saturated carbocycles. The van der Waals surface area contributed by atoms with Crippen LogP contribution >= 0.6 is 0 Å². The van der Waals surface area contributed by atoms with Crippen LogP contribution in [0.2, 0.25) is 0 Å². The number of hydrogen-bond acceptors (Lipinski definition) is 7. The fraction of sp³-hybridized carbons (Fsp3) is 0.279. The summed E-state index contributed by atoms with van der Waals surface area (Å²) in [5.41, 5.74) is 6.56. The van der Waals surface area contributed by atoms with Crippen molar-refractivity contribution in [3.63, 3.8) is 0 Å². The second kappa shape index (κ2) is 17.9. The van der Waals surface area contributed by atoms with Crippen molar-refractivity contribution in [3.8, 4) is 0 Å². The minimum atomic E-state index is -3.95. The van der Waals surface area contributed by atoms with Crippen LogP contribution in [0, 0.1) is 6.92 Å². The van der Waals surface area contributed by atoms with Gasteiger partial charge in [0.15, 0.2) is 6.29 Å². The van der Waals surface area contributed by atoms with Crippen molar-refractivity contribution in [2.75, 3.05) is 13.6 Å². The molecule has 4 atom stereocenters. The highest BCUT2D eigenvalue weighted by Crippen LogP contribution is 2.38. The molecule has 3 N–H and O–H groups in total. The van der Waals surface area contributed by atoms with Crippen molar-refractivity contribution < 1.29 is 27.8 Å². The monoisotopic (exact) mass is 733 g/mol. The molecular weight excluding hydrogens is 687 g/mol. The number of rotatable bonds is 15. The summed E-state index contributed by atoms with van der Waals surface area (Å²) >= 11 is 0. The van der Waals surface area contributed by atoms with Gasteiger partial charge in [0.25, 0.3) is 0 Å². The van der Waals surface area contributed by atoms with E-state index in [-0.39, 0.29) is 36.7 Å². The van der Waals surface area contributed by atoms with Crippen LogP contribution < -0.4 is 10.0 Å². The van der Waals surface area contributed by atoms with Crippen molar-refractivity contribution in [2.45, 2.75) is 68.9 Å².